The monoisotopic (exact) mass is 311 g/mol. The summed E-state index contributed by atoms with van der Waals surface area (Å²) in [5, 5.41) is -0.189. The van der Waals surface area contributed by atoms with Gasteiger partial charge in [0.1, 0.15) is 5.75 Å². The number of hydrogen-bond acceptors (Lipinski definition) is 4. The first kappa shape index (κ1) is 16.3. The molecule has 0 saturated heterocycles. The van der Waals surface area contributed by atoms with E-state index in [1.54, 1.807) is 0 Å². The smallest absolute Gasteiger partial charge is 0.157 e. The lowest BCUT2D eigenvalue weighted by Crippen LogP contribution is -2.20. The molecule has 2 N–H and O–H groups in total. The molecule has 0 aromatic heterocycles. The van der Waals surface area contributed by atoms with Gasteiger partial charge in [0, 0.05) is 11.6 Å². The highest BCUT2D eigenvalue weighted by Gasteiger charge is 2.29. The zero-order chi connectivity index (χ0) is 15.5. The van der Waals surface area contributed by atoms with Gasteiger partial charge in [-0.2, -0.15) is 0 Å². The second kappa shape index (κ2) is 6.79. The minimum atomic E-state index is -3.12. The first-order valence-electron chi connectivity index (χ1n) is 7.67. The summed E-state index contributed by atoms with van der Waals surface area (Å²) < 4.78 is 30.7. The summed E-state index contributed by atoms with van der Waals surface area (Å²) in [5.74, 6) is 0.705. The molecule has 2 rings (SSSR count). The molecule has 1 atom stereocenters. The van der Waals surface area contributed by atoms with Gasteiger partial charge in [-0.05, 0) is 44.4 Å². The van der Waals surface area contributed by atoms with Crippen molar-refractivity contribution in [1.29, 1.82) is 0 Å². The average molecular weight is 311 g/mol. The van der Waals surface area contributed by atoms with Gasteiger partial charge in [0.2, 0.25) is 0 Å². The fourth-order valence-electron chi connectivity index (χ4n) is 2.87. The van der Waals surface area contributed by atoms with Crippen molar-refractivity contribution in [2.45, 2.75) is 56.6 Å². The molecule has 0 spiro atoms. The maximum atomic E-state index is 12.6. The van der Waals surface area contributed by atoms with Gasteiger partial charge >= 0.3 is 0 Å². The Kier molecular flexibility index (Phi) is 5.27. The van der Waals surface area contributed by atoms with Crippen molar-refractivity contribution in [2.24, 2.45) is 5.73 Å². The summed E-state index contributed by atoms with van der Waals surface area (Å²) in [7, 11) is -3.12. The van der Waals surface area contributed by atoms with Crippen LogP contribution in [0.2, 0.25) is 0 Å². The maximum absolute atomic E-state index is 12.6. The number of rotatable bonds is 6. The third-order valence-electron chi connectivity index (χ3n) is 4.08. The summed E-state index contributed by atoms with van der Waals surface area (Å²) in [6.45, 7) is 4.31. The van der Waals surface area contributed by atoms with E-state index in [9.17, 15) is 8.42 Å². The van der Waals surface area contributed by atoms with Crippen molar-refractivity contribution in [3.05, 3.63) is 29.3 Å². The van der Waals surface area contributed by atoms with E-state index in [1.165, 1.54) is 0 Å². The lowest BCUT2D eigenvalue weighted by atomic mass is 10.1. The predicted octanol–water partition coefficient (Wildman–Crippen LogP) is 2.96. The van der Waals surface area contributed by atoms with Gasteiger partial charge in [0.25, 0.3) is 0 Å². The SMILES string of the molecule is CCOc1ccc(C(C)N)cc1CS(=O)(=O)C1CCCC1. The number of benzene rings is 1. The van der Waals surface area contributed by atoms with Crippen molar-refractivity contribution in [1.82, 2.24) is 0 Å². The van der Waals surface area contributed by atoms with Crippen molar-refractivity contribution in [3.8, 4) is 5.75 Å². The minimum Gasteiger partial charge on any atom is -0.494 e. The van der Waals surface area contributed by atoms with Crippen molar-refractivity contribution in [3.63, 3.8) is 0 Å². The second-order valence-electron chi connectivity index (χ2n) is 5.80. The summed E-state index contributed by atoms with van der Waals surface area (Å²) in [5.41, 5.74) is 7.58. The van der Waals surface area contributed by atoms with E-state index in [2.05, 4.69) is 0 Å². The quantitative estimate of drug-likeness (QED) is 0.877. The minimum absolute atomic E-state index is 0.0492. The first-order chi connectivity index (χ1) is 9.94. The van der Waals surface area contributed by atoms with Crippen LogP contribution in [0.3, 0.4) is 0 Å². The highest BCUT2D eigenvalue weighted by molar-refractivity contribution is 7.91. The van der Waals surface area contributed by atoms with Crippen LogP contribution >= 0.6 is 0 Å². The van der Waals surface area contributed by atoms with Crippen LogP contribution in [0.25, 0.3) is 0 Å². The van der Waals surface area contributed by atoms with Gasteiger partial charge in [-0.3, -0.25) is 0 Å². The largest absolute Gasteiger partial charge is 0.494 e. The summed E-state index contributed by atoms with van der Waals surface area (Å²) in [6, 6.07) is 5.50. The van der Waals surface area contributed by atoms with Crippen molar-refractivity contribution < 1.29 is 13.2 Å². The Labute approximate surface area is 127 Å². The molecule has 1 aliphatic carbocycles. The molecular formula is C16H25NO3S. The van der Waals surface area contributed by atoms with Crippen LogP contribution in [0.1, 0.15) is 56.7 Å². The van der Waals surface area contributed by atoms with E-state index >= 15 is 0 Å². The maximum Gasteiger partial charge on any atom is 0.157 e. The third-order valence-corrected chi connectivity index (χ3v) is 6.28. The fraction of sp³-hybridized carbons (Fsp3) is 0.625. The highest BCUT2D eigenvalue weighted by Crippen LogP contribution is 2.30. The Bertz CT molecular complexity index is 575. The zero-order valence-corrected chi connectivity index (χ0v) is 13.7. The lowest BCUT2D eigenvalue weighted by Gasteiger charge is -2.16. The van der Waals surface area contributed by atoms with Crippen LogP contribution in [-0.2, 0) is 15.6 Å². The molecular weight excluding hydrogens is 286 g/mol. The molecule has 4 nitrogen and oxygen atoms in total. The van der Waals surface area contributed by atoms with Crippen LogP contribution in [0.15, 0.2) is 18.2 Å². The van der Waals surface area contributed by atoms with Gasteiger partial charge in [0.05, 0.1) is 17.6 Å². The standard InChI is InChI=1S/C16H25NO3S/c1-3-20-16-9-8-13(12(2)17)10-14(16)11-21(18,19)15-6-4-5-7-15/h8-10,12,15H,3-7,11,17H2,1-2H3. The molecule has 1 fully saturated rings. The Morgan fingerprint density at radius 1 is 1.33 bits per heavy atom. The normalized spacial score (nSPS) is 17.9. The van der Waals surface area contributed by atoms with Crippen LogP contribution in [0.5, 0.6) is 5.75 Å². The zero-order valence-electron chi connectivity index (χ0n) is 12.8. The molecule has 1 aliphatic rings. The molecule has 0 aliphatic heterocycles. The number of ether oxygens (including phenoxy) is 1. The summed E-state index contributed by atoms with van der Waals surface area (Å²) in [6.07, 6.45) is 3.61. The molecule has 21 heavy (non-hydrogen) atoms. The molecule has 118 valence electrons. The van der Waals surface area contributed by atoms with Crippen molar-refractivity contribution >= 4 is 9.84 Å². The van der Waals surface area contributed by atoms with Gasteiger partial charge in [-0.1, -0.05) is 18.9 Å². The molecule has 0 bridgehead atoms. The van der Waals surface area contributed by atoms with Crippen LogP contribution < -0.4 is 10.5 Å². The summed E-state index contributed by atoms with van der Waals surface area (Å²) in [4.78, 5) is 0. The Morgan fingerprint density at radius 2 is 2.00 bits per heavy atom. The van der Waals surface area contributed by atoms with E-state index in [0.29, 0.717) is 12.4 Å². The molecule has 1 saturated carbocycles. The van der Waals surface area contributed by atoms with Crippen LogP contribution in [0.4, 0.5) is 0 Å². The molecule has 5 heteroatoms. The Hall–Kier alpha value is -1.07. The fourth-order valence-corrected chi connectivity index (χ4v) is 4.82. The average Bonchev–Trinajstić information content (AvgIpc) is 2.95. The number of nitrogens with two attached hydrogens (primary N) is 1. The van der Waals surface area contributed by atoms with E-state index in [-0.39, 0.29) is 17.0 Å². The van der Waals surface area contributed by atoms with E-state index < -0.39 is 9.84 Å². The number of hydrogen-bond donors (Lipinski definition) is 1. The molecule has 0 radical (unpaired) electrons. The molecule has 0 amide bonds. The predicted molar refractivity (Wildman–Crippen MR) is 85.1 cm³/mol. The highest BCUT2D eigenvalue weighted by atomic mass is 32.2. The van der Waals surface area contributed by atoms with Crippen molar-refractivity contribution in [2.75, 3.05) is 6.61 Å². The topological polar surface area (TPSA) is 69.4 Å². The molecule has 1 aromatic carbocycles. The third kappa shape index (κ3) is 3.98. The van der Waals surface area contributed by atoms with Gasteiger partial charge < -0.3 is 10.5 Å². The number of sulfone groups is 1. The van der Waals surface area contributed by atoms with Crippen LogP contribution in [-0.4, -0.2) is 20.3 Å². The lowest BCUT2D eigenvalue weighted by molar-refractivity contribution is 0.337. The molecule has 1 unspecified atom stereocenters. The van der Waals surface area contributed by atoms with E-state index in [4.69, 9.17) is 10.5 Å². The van der Waals surface area contributed by atoms with Gasteiger partial charge in [0.15, 0.2) is 9.84 Å². The molecule has 0 heterocycles. The molecule has 1 aromatic rings. The first-order valence-corrected chi connectivity index (χ1v) is 9.38. The van der Waals surface area contributed by atoms with E-state index in [0.717, 1.165) is 36.8 Å². The van der Waals surface area contributed by atoms with Crippen LogP contribution in [0, 0.1) is 0 Å². The summed E-state index contributed by atoms with van der Waals surface area (Å²) >= 11 is 0. The Morgan fingerprint density at radius 3 is 2.57 bits per heavy atom. The second-order valence-corrected chi connectivity index (χ2v) is 8.08. The van der Waals surface area contributed by atoms with Gasteiger partial charge in [-0.15, -0.1) is 0 Å². The Balaban J connectivity index is 2.29. The van der Waals surface area contributed by atoms with E-state index in [1.807, 2.05) is 32.0 Å². The van der Waals surface area contributed by atoms with Gasteiger partial charge in [-0.25, -0.2) is 8.42 Å².